The summed E-state index contributed by atoms with van der Waals surface area (Å²) < 4.78 is 0. The van der Waals surface area contributed by atoms with Gasteiger partial charge in [0, 0.05) is 19.6 Å². The van der Waals surface area contributed by atoms with Crippen LogP contribution in [-0.2, 0) is 6.54 Å². The number of hydrogen-bond acceptors (Lipinski definition) is 3. The molecule has 0 spiro atoms. The molecule has 1 heterocycles. The Morgan fingerprint density at radius 2 is 2.24 bits per heavy atom. The van der Waals surface area contributed by atoms with Gasteiger partial charge >= 0.3 is 0 Å². The maximum atomic E-state index is 6.11. The minimum atomic E-state index is 0.561. The molecule has 0 radical (unpaired) electrons. The fraction of sp³-hybridized carbons (Fsp3) is 0.615. The minimum Gasteiger partial charge on any atom is -0.357 e. The molecule has 3 nitrogen and oxygen atoms in total. The molecule has 2 rings (SSSR count). The Hall–Kier alpha value is -0.800. The summed E-state index contributed by atoms with van der Waals surface area (Å²) in [4.78, 5) is 6.88. The highest BCUT2D eigenvalue weighted by molar-refractivity contribution is 6.31. The average Bonchev–Trinajstić information content (AvgIpc) is 3.14. The van der Waals surface area contributed by atoms with Gasteiger partial charge in [0.1, 0.15) is 5.82 Å². The van der Waals surface area contributed by atoms with E-state index in [1.54, 1.807) is 0 Å². The van der Waals surface area contributed by atoms with Crippen molar-refractivity contribution >= 4 is 17.4 Å². The van der Waals surface area contributed by atoms with Crippen LogP contribution in [0, 0.1) is 5.92 Å². The summed E-state index contributed by atoms with van der Waals surface area (Å²) in [5, 5.41) is 3.82. The molecule has 0 saturated heterocycles. The quantitative estimate of drug-likeness (QED) is 0.875. The Balaban J connectivity index is 2.16. The van der Waals surface area contributed by atoms with E-state index >= 15 is 0 Å². The Bertz CT molecular complexity index is 390. The van der Waals surface area contributed by atoms with Crippen molar-refractivity contribution in [2.75, 3.05) is 19.0 Å². The van der Waals surface area contributed by atoms with Crippen LogP contribution in [0.1, 0.15) is 25.5 Å². The number of rotatable bonds is 5. The fourth-order valence-electron chi connectivity index (χ4n) is 2.06. The van der Waals surface area contributed by atoms with Crippen molar-refractivity contribution in [2.45, 2.75) is 32.4 Å². The first-order valence-corrected chi connectivity index (χ1v) is 6.54. The van der Waals surface area contributed by atoms with Gasteiger partial charge in [-0.15, -0.1) is 0 Å². The van der Waals surface area contributed by atoms with Crippen molar-refractivity contribution in [3.05, 3.63) is 22.8 Å². The fourth-order valence-corrected chi connectivity index (χ4v) is 2.24. The molecule has 1 atom stereocenters. The lowest BCUT2D eigenvalue weighted by Gasteiger charge is -2.26. The first kappa shape index (κ1) is 12.7. The lowest BCUT2D eigenvalue weighted by atomic mass is 10.2. The van der Waals surface area contributed by atoms with Crippen LogP contribution in [0.4, 0.5) is 5.82 Å². The standard InChI is InChI=1S/C13H20ClN3/c1-9(10-4-5-10)17(3)13-7-6-11(14)12(16-13)8-15-2/h6-7,9-10,15H,4-5,8H2,1-3H3. The molecule has 1 aliphatic carbocycles. The molecule has 1 N–H and O–H groups in total. The molecule has 1 unspecified atom stereocenters. The average molecular weight is 254 g/mol. The third-order valence-electron chi connectivity index (χ3n) is 3.52. The molecule has 0 aromatic carbocycles. The molecule has 1 aliphatic rings. The predicted molar refractivity (Wildman–Crippen MR) is 72.6 cm³/mol. The van der Waals surface area contributed by atoms with Crippen molar-refractivity contribution in [3.8, 4) is 0 Å². The zero-order valence-electron chi connectivity index (χ0n) is 10.7. The second kappa shape index (κ2) is 5.23. The van der Waals surface area contributed by atoms with Gasteiger partial charge in [0.15, 0.2) is 0 Å². The largest absolute Gasteiger partial charge is 0.357 e. The van der Waals surface area contributed by atoms with Gasteiger partial charge in [0.2, 0.25) is 0 Å². The third kappa shape index (κ3) is 2.90. The third-order valence-corrected chi connectivity index (χ3v) is 3.87. The van der Waals surface area contributed by atoms with Crippen LogP contribution in [0.3, 0.4) is 0 Å². The monoisotopic (exact) mass is 253 g/mol. The Labute approximate surface area is 108 Å². The highest BCUT2D eigenvalue weighted by Crippen LogP contribution is 2.36. The summed E-state index contributed by atoms with van der Waals surface area (Å²) in [5.74, 6) is 1.85. The number of aromatic nitrogens is 1. The molecule has 17 heavy (non-hydrogen) atoms. The van der Waals surface area contributed by atoms with Gasteiger partial charge in [-0.3, -0.25) is 0 Å². The summed E-state index contributed by atoms with van der Waals surface area (Å²) in [7, 11) is 4.02. The van der Waals surface area contributed by atoms with Crippen LogP contribution in [0.15, 0.2) is 12.1 Å². The molecular weight excluding hydrogens is 234 g/mol. The van der Waals surface area contributed by atoms with Crippen molar-refractivity contribution in [3.63, 3.8) is 0 Å². The smallest absolute Gasteiger partial charge is 0.128 e. The van der Waals surface area contributed by atoms with Crippen LogP contribution < -0.4 is 10.2 Å². The Morgan fingerprint density at radius 3 is 2.82 bits per heavy atom. The van der Waals surface area contributed by atoms with Crippen LogP contribution >= 0.6 is 11.6 Å². The summed E-state index contributed by atoms with van der Waals surface area (Å²) >= 11 is 6.11. The van der Waals surface area contributed by atoms with E-state index in [1.807, 2.05) is 19.2 Å². The van der Waals surface area contributed by atoms with Crippen molar-refractivity contribution in [1.82, 2.24) is 10.3 Å². The zero-order chi connectivity index (χ0) is 12.4. The SMILES string of the molecule is CNCc1nc(N(C)C(C)C2CC2)ccc1Cl. The minimum absolute atomic E-state index is 0.561. The summed E-state index contributed by atoms with van der Waals surface area (Å²) in [6, 6.07) is 4.50. The van der Waals surface area contributed by atoms with Gasteiger partial charge in [-0.1, -0.05) is 11.6 Å². The molecule has 94 valence electrons. The van der Waals surface area contributed by atoms with E-state index in [9.17, 15) is 0 Å². The van der Waals surface area contributed by atoms with Gasteiger partial charge in [-0.2, -0.15) is 0 Å². The molecule has 1 saturated carbocycles. The normalized spacial score (nSPS) is 16.9. The molecule has 1 aromatic heterocycles. The lowest BCUT2D eigenvalue weighted by Crippen LogP contribution is -2.31. The number of anilines is 1. The number of pyridine rings is 1. The molecule has 0 aliphatic heterocycles. The van der Waals surface area contributed by atoms with E-state index in [4.69, 9.17) is 11.6 Å². The van der Waals surface area contributed by atoms with E-state index in [0.717, 1.165) is 22.5 Å². The molecule has 0 amide bonds. The van der Waals surface area contributed by atoms with Crippen LogP contribution in [0.2, 0.25) is 5.02 Å². The number of halogens is 1. The molecule has 4 heteroatoms. The van der Waals surface area contributed by atoms with Crippen molar-refractivity contribution < 1.29 is 0 Å². The van der Waals surface area contributed by atoms with E-state index < -0.39 is 0 Å². The summed E-state index contributed by atoms with van der Waals surface area (Å²) in [6.07, 6.45) is 2.70. The Morgan fingerprint density at radius 1 is 1.53 bits per heavy atom. The maximum Gasteiger partial charge on any atom is 0.128 e. The lowest BCUT2D eigenvalue weighted by molar-refractivity contribution is 0.602. The summed E-state index contributed by atoms with van der Waals surface area (Å²) in [5.41, 5.74) is 0.918. The van der Waals surface area contributed by atoms with E-state index in [2.05, 4.69) is 29.2 Å². The van der Waals surface area contributed by atoms with Crippen LogP contribution in [-0.4, -0.2) is 25.1 Å². The van der Waals surface area contributed by atoms with E-state index in [-0.39, 0.29) is 0 Å². The molecule has 1 fully saturated rings. The van der Waals surface area contributed by atoms with Gasteiger partial charge in [-0.25, -0.2) is 4.98 Å². The molecular formula is C13H20ClN3. The van der Waals surface area contributed by atoms with E-state index in [1.165, 1.54) is 12.8 Å². The number of nitrogens with zero attached hydrogens (tertiary/aromatic N) is 2. The second-order valence-corrected chi connectivity index (χ2v) is 5.22. The second-order valence-electron chi connectivity index (χ2n) is 4.82. The van der Waals surface area contributed by atoms with Gasteiger partial charge in [0.05, 0.1) is 10.7 Å². The highest BCUT2D eigenvalue weighted by atomic mass is 35.5. The summed E-state index contributed by atoms with van der Waals surface area (Å²) in [6.45, 7) is 2.98. The van der Waals surface area contributed by atoms with Gasteiger partial charge in [-0.05, 0) is 44.9 Å². The van der Waals surface area contributed by atoms with Gasteiger partial charge < -0.3 is 10.2 Å². The first-order chi connectivity index (χ1) is 8.13. The van der Waals surface area contributed by atoms with Gasteiger partial charge in [0.25, 0.3) is 0 Å². The van der Waals surface area contributed by atoms with Crippen molar-refractivity contribution in [2.24, 2.45) is 5.92 Å². The van der Waals surface area contributed by atoms with Crippen molar-refractivity contribution in [1.29, 1.82) is 0 Å². The van der Waals surface area contributed by atoms with Crippen LogP contribution in [0.25, 0.3) is 0 Å². The number of hydrogen-bond donors (Lipinski definition) is 1. The topological polar surface area (TPSA) is 28.2 Å². The predicted octanol–water partition coefficient (Wildman–Crippen LogP) is 2.69. The van der Waals surface area contributed by atoms with Crippen LogP contribution in [0.5, 0.6) is 0 Å². The molecule has 0 bridgehead atoms. The highest BCUT2D eigenvalue weighted by Gasteiger charge is 2.31. The van der Waals surface area contributed by atoms with E-state index in [0.29, 0.717) is 12.6 Å². The first-order valence-electron chi connectivity index (χ1n) is 6.16. The number of nitrogens with one attached hydrogen (secondary N) is 1. The molecule has 1 aromatic rings. The Kier molecular flexibility index (Phi) is 3.89. The zero-order valence-corrected chi connectivity index (χ0v) is 11.5. The maximum absolute atomic E-state index is 6.11.